The van der Waals surface area contributed by atoms with E-state index in [1.165, 1.54) is 24.3 Å². The van der Waals surface area contributed by atoms with Crippen LogP contribution < -0.4 is 0 Å². The Hall–Kier alpha value is -2.31. The first-order valence-corrected chi connectivity index (χ1v) is 12.1. The lowest BCUT2D eigenvalue weighted by molar-refractivity contribution is 0.479. The molecule has 0 aromatic heterocycles. The largest absolute Gasteiger partial charge is 0.768 e. The molecule has 1 unspecified atom stereocenters. The zero-order chi connectivity index (χ0) is 20.6. The first kappa shape index (κ1) is 19.0. The summed E-state index contributed by atoms with van der Waals surface area (Å²) < 4.78 is 81.2. The second-order valence-corrected chi connectivity index (χ2v) is 10.6. The van der Waals surface area contributed by atoms with Crippen LogP contribution in [0.25, 0.3) is 32.3 Å². The fourth-order valence-corrected chi connectivity index (χ4v) is 5.79. The minimum atomic E-state index is -4.80. The number of phenolic OH excluding ortho intramolecular Hbond substituents is 1. The molecule has 11 heteroatoms. The second-order valence-electron chi connectivity index (χ2n) is 6.32. The topological polar surface area (TPSA) is 149 Å². The van der Waals surface area contributed by atoms with Gasteiger partial charge in [-0.3, -0.25) is 8.76 Å². The number of rotatable bonds is 3. The van der Waals surface area contributed by atoms with Gasteiger partial charge in [0.1, 0.15) is 10.6 Å². The fraction of sp³-hybridized carbons (Fsp3) is 0.0588. The third-order valence-corrected chi connectivity index (χ3v) is 7.35. The smallest absolute Gasteiger partial charge is 0.295 e. The molecule has 0 saturated carbocycles. The van der Waals surface area contributed by atoms with Crippen molar-refractivity contribution in [3.8, 4) is 5.75 Å². The number of benzene rings is 4. The van der Waals surface area contributed by atoms with Crippen LogP contribution in [0.5, 0.6) is 5.75 Å². The van der Waals surface area contributed by atoms with E-state index in [1.807, 2.05) is 0 Å². The fourth-order valence-electron chi connectivity index (χ4n) is 3.54. The van der Waals surface area contributed by atoms with Crippen LogP contribution in [0.2, 0.25) is 0 Å². The number of hydrogen-bond donors (Lipinski definition) is 2. The highest BCUT2D eigenvalue weighted by Gasteiger charge is 2.25. The molecule has 0 radical (unpaired) electrons. The maximum atomic E-state index is 12.3. The Morgan fingerprint density at radius 3 is 1.89 bits per heavy atom. The van der Waals surface area contributed by atoms with E-state index in [1.54, 1.807) is 0 Å². The molecule has 4 aromatic rings. The molecular weight excluding hydrogens is 428 g/mol. The van der Waals surface area contributed by atoms with Crippen molar-refractivity contribution in [1.29, 1.82) is 0 Å². The van der Waals surface area contributed by atoms with Crippen molar-refractivity contribution in [3.63, 3.8) is 0 Å². The predicted molar refractivity (Wildman–Crippen MR) is 102 cm³/mol. The van der Waals surface area contributed by atoms with Crippen LogP contribution in [-0.2, 0) is 31.0 Å². The predicted octanol–water partition coefficient (Wildman–Crippen LogP) is 2.18. The van der Waals surface area contributed by atoms with Crippen molar-refractivity contribution >= 4 is 63.4 Å². The summed E-state index contributed by atoms with van der Waals surface area (Å²) in [6.45, 7) is 0. The summed E-state index contributed by atoms with van der Waals surface area (Å²) in [4.78, 5) is -1.18. The Balaban J connectivity index is 2.45. The van der Waals surface area contributed by atoms with Gasteiger partial charge in [-0.05, 0) is 34.7 Å². The Morgan fingerprint density at radius 1 is 0.857 bits per heavy atom. The van der Waals surface area contributed by atoms with E-state index < -0.39 is 35.9 Å². The van der Waals surface area contributed by atoms with Crippen LogP contribution in [0.3, 0.4) is 0 Å². The van der Waals surface area contributed by atoms with E-state index in [2.05, 4.69) is 0 Å². The van der Waals surface area contributed by atoms with Gasteiger partial charge in [0, 0.05) is 38.1 Å². The second kappa shape index (κ2) is 5.84. The molecule has 0 saturated heterocycles. The van der Waals surface area contributed by atoms with E-state index in [0.717, 1.165) is 18.4 Å². The quantitative estimate of drug-likeness (QED) is 0.280. The van der Waals surface area contributed by atoms with E-state index in [9.17, 15) is 35.3 Å². The van der Waals surface area contributed by atoms with Gasteiger partial charge in [0.05, 0.1) is 4.90 Å². The molecule has 146 valence electrons. The average molecular weight is 439 g/mol. The van der Waals surface area contributed by atoms with Crippen molar-refractivity contribution in [3.05, 3.63) is 36.4 Å². The molecule has 0 bridgehead atoms. The summed E-state index contributed by atoms with van der Waals surface area (Å²) in [7, 11) is -8.70. The summed E-state index contributed by atoms with van der Waals surface area (Å²) in [5.74, 6) is -0.362. The number of phenols is 1. The average Bonchev–Trinajstić information content (AvgIpc) is 2.58. The molecule has 4 aromatic carbocycles. The van der Waals surface area contributed by atoms with Crippen LogP contribution in [0.4, 0.5) is 0 Å². The van der Waals surface area contributed by atoms with Gasteiger partial charge in [-0.15, -0.1) is 0 Å². The van der Waals surface area contributed by atoms with Crippen LogP contribution >= 0.6 is 0 Å². The van der Waals surface area contributed by atoms with Gasteiger partial charge >= 0.3 is 0 Å². The van der Waals surface area contributed by atoms with Crippen molar-refractivity contribution in [2.75, 3.05) is 6.26 Å². The van der Waals surface area contributed by atoms with Crippen molar-refractivity contribution < 1.29 is 35.3 Å². The Kier molecular flexibility index (Phi) is 3.97. The molecule has 0 amide bonds. The number of hydrogen-bond acceptors (Lipinski definition) is 7. The highest BCUT2D eigenvalue weighted by Crippen LogP contribution is 2.44. The molecular formula is C17H11O8S3-. The van der Waals surface area contributed by atoms with Crippen LogP contribution in [0.1, 0.15) is 0 Å². The van der Waals surface area contributed by atoms with Gasteiger partial charge in [0.2, 0.25) is 0 Å². The van der Waals surface area contributed by atoms with E-state index in [0.29, 0.717) is 0 Å². The molecule has 0 aliphatic heterocycles. The van der Waals surface area contributed by atoms with Gasteiger partial charge in [-0.2, -0.15) is 8.42 Å². The van der Waals surface area contributed by atoms with Crippen molar-refractivity contribution in [1.82, 2.24) is 0 Å². The normalized spacial score (nSPS) is 14.2. The third kappa shape index (κ3) is 2.66. The number of sulfone groups is 1. The summed E-state index contributed by atoms with van der Waals surface area (Å²) in [5.41, 5.74) is 0. The first-order chi connectivity index (χ1) is 12.9. The molecule has 0 fully saturated rings. The van der Waals surface area contributed by atoms with Gasteiger partial charge in [-0.1, -0.05) is 18.2 Å². The minimum absolute atomic E-state index is 0.0104. The Morgan fingerprint density at radius 2 is 1.36 bits per heavy atom. The molecule has 1 atom stereocenters. The lowest BCUT2D eigenvalue weighted by atomic mass is 9.94. The van der Waals surface area contributed by atoms with Gasteiger partial charge in [0.15, 0.2) is 9.84 Å². The lowest BCUT2D eigenvalue weighted by Crippen LogP contribution is -2.06. The zero-order valence-electron chi connectivity index (χ0n) is 14.0. The van der Waals surface area contributed by atoms with E-state index in [-0.39, 0.29) is 47.9 Å². The van der Waals surface area contributed by atoms with Crippen LogP contribution in [-0.4, -0.2) is 41.5 Å². The maximum absolute atomic E-state index is 12.3. The standard InChI is InChI=1S/C17H12O8S3/c1-27(21,22)14-7-15(28(23,24)25)11-5-3-9-13(26(19)20)6-12(18)8-2-4-10(14)17(11)16(8)9/h2-7,18H,1H3,(H,19,20)(H,23,24,25)/p-1. The molecule has 0 aliphatic rings. The van der Waals surface area contributed by atoms with Gasteiger partial charge < -0.3 is 9.66 Å². The molecule has 0 heterocycles. The van der Waals surface area contributed by atoms with E-state index in [4.69, 9.17) is 0 Å². The molecule has 4 rings (SSSR count). The zero-order valence-corrected chi connectivity index (χ0v) is 16.5. The lowest BCUT2D eigenvalue weighted by Gasteiger charge is -2.18. The summed E-state index contributed by atoms with van der Waals surface area (Å²) in [6.07, 6.45) is 0.891. The summed E-state index contributed by atoms with van der Waals surface area (Å²) in [5, 5.41) is 11.1. The third-order valence-electron chi connectivity index (χ3n) is 4.62. The van der Waals surface area contributed by atoms with E-state index >= 15 is 0 Å². The summed E-state index contributed by atoms with van der Waals surface area (Å²) >= 11 is -2.71. The van der Waals surface area contributed by atoms with Crippen molar-refractivity contribution in [2.24, 2.45) is 0 Å². The summed E-state index contributed by atoms with van der Waals surface area (Å²) in [6, 6.07) is 7.42. The minimum Gasteiger partial charge on any atom is -0.768 e. The number of aromatic hydroxyl groups is 1. The van der Waals surface area contributed by atoms with Crippen LogP contribution in [0.15, 0.2) is 51.1 Å². The first-order valence-electron chi connectivity index (χ1n) is 7.65. The maximum Gasteiger partial charge on any atom is 0.295 e. The highest BCUT2D eigenvalue weighted by atomic mass is 32.2. The highest BCUT2D eigenvalue weighted by molar-refractivity contribution is 7.91. The SMILES string of the molecule is CS(=O)(=O)c1cc(S(=O)(=O)O)c2ccc3c(S(=O)[O-])cc(O)c4ccc1c2c43. The van der Waals surface area contributed by atoms with Crippen LogP contribution in [0, 0.1) is 0 Å². The molecule has 2 N–H and O–H groups in total. The monoisotopic (exact) mass is 439 g/mol. The molecule has 8 nitrogen and oxygen atoms in total. The Bertz CT molecular complexity index is 1480. The molecule has 28 heavy (non-hydrogen) atoms. The van der Waals surface area contributed by atoms with Gasteiger partial charge in [0.25, 0.3) is 10.1 Å². The Labute approximate surface area is 161 Å². The van der Waals surface area contributed by atoms with Gasteiger partial charge in [-0.25, -0.2) is 8.42 Å². The molecule has 0 spiro atoms. The van der Waals surface area contributed by atoms with Crippen molar-refractivity contribution in [2.45, 2.75) is 14.7 Å². The molecule has 0 aliphatic carbocycles.